The molecular weight excluding hydrogens is 318 g/mol. The molecule has 126 valence electrons. The van der Waals surface area contributed by atoms with E-state index in [9.17, 15) is 0 Å². The first-order valence-corrected chi connectivity index (χ1v) is 8.57. The number of ether oxygens (including phenoxy) is 1. The summed E-state index contributed by atoms with van der Waals surface area (Å²) in [7, 11) is 0. The summed E-state index contributed by atoms with van der Waals surface area (Å²) in [5.74, 6) is 1.58. The summed E-state index contributed by atoms with van der Waals surface area (Å²) in [4.78, 5) is 0. The van der Waals surface area contributed by atoms with Crippen LogP contribution in [-0.4, -0.2) is 0 Å². The molecule has 26 heavy (non-hydrogen) atoms. The molecule has 0 aliphatic carbocycles. The summed E-state index contributed by atoms with van der Waals surface area (Å²) >= 11 is 0. The van der Waals surface area contributed by atoms with Crippen molar-refractivity contribution in [3.8, 4) is 33.8 Å². The van der Waals surface area contributed by atoms with Gasteiger partial charge in [-0.3, -0.25) is 0 Å². The van der Waals surface area contributed by atoms with Gasteiger partial charge in [-0.25, -0.2) is 0 Å². The zero-order valence-corrected chi connectivity index (χ0v) is 14.3. The van der Waals surface area contributed by atoms with Crippen molar-refractivity contribution in [2.75, 3.05) is 5.73 Å². The third kappa shape index (κ3) is 3.60. The summed E-state index contributed by atoms with van der Waals surface area (Å²) in [5, 5.41) is 0. The van der Waals surface area contributed by atoms with E-state index in [1.165, 1.54) is 16.7 Å². The number of hydrogen-bond acceptors (Lipinski definition) is 2. The molecule has 0 amide bonds. The highest BCUT2D eigenvalue weighted by Gasteiger charge is 2.02. The monoisotopic (exact) mass is 337 g/mol. The maximum Gasteiger partial charge on any atom is 0.127 e. The Labute approximate surface area is 153 Å². The maximum absolute atomic E-state index is 5.85. The lowest BCUT2D eigenvalue weighted by Crippen LogP contribution is -1.87. The first kappa shape index (κ1) is 16.0. The molecule has 0 radical (unpaired) electrons. The lowest BCUT2D eigenvalue weighted by molar-refractivity contribution is 0.483. The van der Waals surface area contributed by atoms with Crippen LogP contribution in [0, 0.1) is 0 Å². The van der Waals surface area contributed by atoms with E-state index in [1.807, 2.05) is 42.5 Å². The van der Waals surface area contributed by atoms with Crippen molar-refractivity contribution in [3.05, 3.63) is 103 Å². The lowest BCUT2D eigenvalue weighted by atomic mass is 10.0. The van der Waals surface area contributed by atoms with Crippen molar-refractivity contribution in [3.63, 3.8) is 0 Å². The fraction of sp³-hybridized carbons (Fsp3) is 0. The van der Waals surface area contributed by atoms with Gasteiger partial charge in [0.05, 0.1) is 0 Å². The van der Waals surface area contributed by atoms with Gasteiger partial charge in [-0.15, -0.1) is 0 Å². The van der Waals surface area contributed by atoms with Gasteiger partial charge in [0.1, 0.15) is 11.5 Å². The first-order valence-electron chi connectivity index (χ1n) is 8.57. The standard InChI is InChI=1S/C24H19NO/c25-22-12-16-24(17-13-22)26-23-14-10-21(11-15-23)20-8-6-19(7-9-20)18-4-2-1-3-5-18/h1-17H,25H2. The number of nitrogens with two attached hydrogens (primary N) is 1. The first-order chi connectivity index (χ1) is 12.8. The van der Waals surface area contributed by atoms with E-state index in [0.717, 1.165) is 22.7 Å². The minimum absolute atomic E-state index is 0.728. The molecule has 4 aromatic rings. The summed E-state index contributed by atoms with van der Waals surface area (Å²) in [5.41, 5.74) is 11.2. The van der Waals surface area contributed by atoms with Crippen molar-refractivity contribution < 1.29 is 4.74 Å². The SMILES string of the molecule is Nc1ccc(Oc2ccc(-c3ccc(-c4ccccc4)cc3)cc2)cc1. The van der Waals surface area contributed by atoms with E-state index in [0.29, 0.717) is 0 Å². The Hall–Kier alpha value is -3.52. The highest BCUT2D eigenvalue weighted by atomic mass is 16.5. The van der Waals surface area contributed by atoms with Crippen LogP contribution in [0.3, 0.4) is 0 Å². The molecule has 0 saturated carbocycles. The third-order valence-corrected chi connectivity index (χ3v) is 4.30. The lowest BCUT2D eigenvalue weighted by Gasteiger charge is -2.08. The smallest absolute Gasteiger partial charge is 0.127 e. The van der Waals surface area contributed by atoms with E-state index in [2.05, 4.69) is 60.7 Å². The molecule has 0 atom stereocenters. The molecule has 0 fully saturated rings. The number of hydrogen-bond donors (Lipinski definition) is 1. The van der Waals surface area contributed by atoms with Gasteiger partial charge in [-0.1, -0.05) is 66.7 Å². The molecule has 0 bridgehead atoms. The van der Waals surface area contributed by atoms with Crippen LogP contribution in [0.5, 0.6) is 11.5 Å². The summed E-state index contributed by atoms with van der Waals surface area (Å²) in [6.45, 7) is 0. The normalized spacial score (nSPS) is 10.5. The Morgan fingerprint density at radius 1 is 0.423 bits per heavy atom. The second-order valence-electron chi connectivity index (χ2n) is 6.14. The molecule has 0 aliphatic rings. The van der Waals surface area contributed by atoms with Gasteiger partial charge in [0.15, 0.2) is 0 Å². The Balaban J connectivity index is 1.50. The Kier molecular flexibility index (Phi) is 4.40. The maximum atomic E-state index is 5.85. The Morgan fingerprint density at radius 3 is 1.31 bits per heavy atom. The highest BCUT2D eigenvalue weighted by molar-refractivity contribution is 5.70. The average molecular weight is 337 g/mol. The van der Waals surface area contributed by atoms with Gasteiger partial charge in [-0.05, 0) is 58.7 Å². The van der Waals surface area contributed by atoms with Crippen LogP contribution < -0.4 is 10.5 Å². The second-order valence-corrected chi connectivity index (χ2v) is 6.14. The van der Waals surface area contributed by atoms with E-state index < -0.39 is 0 Å². The van der Waals surface area contributed by atoms with Crippen molar-refractivity contribution in [2.24, 2.45) is 0 Å². The molecule has 0 aliphatic heterocycles. The van der Waals surface area contributed by atoms with Gasteiger partial charge in [0.25, 0.3) is 0 Å². The summed E-state index contributed by atoms with van der Waals surface area (Å²) in [6.07, 6.45) is 0. The largest absolute Gasteiger partial charge is 0.457 e. The van der Waals surface area contributed by atoms with E-state index in [4.69, 9.17) is 10.5 Å². The molecule has 0 aromatic heterocycles. The summed E-state index contributed by atoms with van der Waals surface area (Å²) < 4.78 is 5.85. The van der Waals surface area contributed by atoms with Crippen molar-refractivity contribution in [1.82, 2.24) is 0 Å². The van der Waals surface area contributed by atoms with Crippen LogP contribution in [0.25, 0.3) is 22.3 Å². The highest BCUT2D eigenvalue weighted by Crippen LogP contribution is 2.28. The molecule has 2 heteroatoms. The van der Waals surface area contributed by atoms with Gasteiger partial charge in [0.2, 0.25) is 0 Å². The van der Waals surface area contributed by atoms with Crippen molar-refractivity contribution in [2.45, 2.75) is 0 Å². The molecule has 0 unspecified atom stereocenters. The molecule has 4 rings (SSSR count). The molecule has 2 N–H and O–H groups in total. The van der Waals surface area contributed by atoms with E-state index in [-0.39, 0.29) is 0 Å². The number of nitrogen functional groups attached to an aromatic ring is 1. The second kappa shape index (κ2) is 7.16. The fourth-order valence-electron chi connectivity index (χ4n) is 2.87. The van der Waals surface area contributed by atoms with E-state index >= 15 is 0 Å². The van der Waals surface area contributed by atoms with Crippen LogP contribution in [0.2, 0.25) is 0 Å². The topological polar surface area (TPSA) is 35.2 Å². The Morgan fingerprint density at radius 2 is 0.808 bits per heavy atom. The molecule has 4 aromatic carbocycles. The Bertz CT molecular complexity index is 973. The van der Waals surface area contributed by atoms with Gasteiger partial charge < -0.3 is 10.5 Å². The van der Waals surface area contributed by atoms with Crippen molar-refractivity contribution >= 4 is 5.69 Å². The predicted molar refractivity (Wildman–Crippen MR) is 108 cm³/mol. The quantitative estimate of drug-likeness (QED) is 0.438. The number of anilines is 1. The van der Waals surface area contributed by atoms with Crippen LogP contribution in [-0.2, 0) is 0 Å². The van der Waals surface area contributed by atoms with Gasteiger partial charge in [0, 0.05) is 5.69 Å². The zero-order valence-electron chi connectivity index (χ0n) is 14.3. The number of benzene rings is 4. The third-order valence-electron chi connectivity index (χ3n) is 4.30. The molecule has 0 saturated heterocycles. The number of rotatable bonds is 4. The molecule has 0 heterocycles. The predicted octanol–water partition coefficient (Wildman–Crippen LogP) is 6.40. The van der Waals surface area contributed by atoms with Gasteiger partial charge >= 0.3 is 0 Å². The molecule has 0 spiro atoms. The molecular formula is C24H19NO. The van der Waals surface area contributed by atoms with Crippen LogP contribution >= 0.6 is 0 Å². The van der Waals surface area contributed by atoms with Crippen molar-refractivity contribution in [1.29, 1.82) is 0 Å². The van der Waals surface area contributed by atoms with Crippen LogP contribution in [0.15, 0.2) is 103 Å². The summed E-state index contributed by atoms with van der Waals surface area (Å²) in [6, 6.07) is 34.5. The van der Waals surface area contributed by atoms with E-state index in [1.54, 1.807) is 0 Å². The fourth-order valence-corrected chi connectivity index (χ4v) is 2.87. The molecule has 2 nitrogen and oxygen atoms in total. The average Bonchev–Trinajstić information content (AvgIpc) is 2.71. The van der Waals surface area contributed by atoms with Crippen LogP contribution in [0.4, 0.5) is 5.69 Å². The van der Waals surface area contributed by atoms with Crippen LogP contribution in [0.1, 0.15) is 0 Å². The minimum atomic E-state index is 0.728. The minimum Gasteiger partial charge on any atom is -0.457 e. The van der Waals surface area contributed by atoms with Gasteiger partial charge in [-0.2, -0.15) is 0 Å². The zero-order chi connectivity index (χ0) is 17.8.